The van der Waals surface area contributed by atoms with Gasteiger partial charge in [0.15, 0.2) is 0 Å². The molecule has 0 N–H and O–H groups in total. The third-order valence-corrected chi connectivity index (χ3v) is 7.91. The van der Waals surface area contributed by atoms with Gasteiger partial charge in [-0.3, -0.25) is 0 Å². The standard InChI is InChI=1S/C25H24N2O4S/c1-30-20-10-12-24(31-2)22(17-20)25-23-8-5-13-26(23)14-15-27(25)32(28,29)21-11-9-18-6-3-4-7-19(18)16-21/h3-13,16-17,25H,14-15H2,1-2H3. The van der Waals surface area contributed by atoms with E-state index in [1.807, 2.05) is 66.9 Å². The molecule has 0 bridgehead atoms. The summed E-state index contributed by atoms with van der Waals surface area (Å²) < 4.78 is 42.6. The van der Waals surface area contributed by atoms with E-state index in [0.717, 1.165) is 22.0 Å². The van der Waals surface area contributed by atoms with Crippen LogP contribution < -0.4 is 9.47 Å². The van der Waals surface area contributed by atoms with Crippen LogP contribution in [-0.4, -0.2) is 38.1 Å². The van der Waals surface area contributed by atoms with Gasteiger partial charge in [0.05, 0.1) is 25.2 Å². The largest absolute Gasteiger partial charge is 0.497 e. The number of ether oxygens (including phenoxy) is 2. The van der Waals surface area contributed by atoms with E-state index >= 15 is 0 Å². The van der Waals surface area contributed by atoms with Crippen LogP contribution in [0.15, 0.2) is 83.9 Å². The Morgan fingerprint density at radius 3 is 2.44 bits per heavy atom. The summed E-state index contributed by atoms with van der Waals surface area (Å²) in [6, 6.07) is 21.9. The van der Waals surface area contributed by atoms with Crippen molar-refractivity contribution < 1.29 is 17.9 Å². The van der Waals surface area contributed by atoms with Gasteiger partial charge in [-0.2, -0.15) is 4.31 Å². The van der Waals surface area contributed by atoms with E-state index in [1.54, 1.807) is 30.7 Å². The van der Waals surface area contributed by atoms with Crippen LogP contribution in [0.1, 0.15) is 17.3 Å². The smallest absolute Gasteiger partial charge is 0.244 e. The van der Waals surface area contributed by atoms with Crippen LogP contribution in [0.2, 0.25) is 0 Å². The average molecular weight is 449 g/mol. The fourth-order valence-corrected chi connectivity index (χ4v) is 6.06. The van der Waals surface area contributed by atoms with E-state index in [-0.39, 0.29) is 4.90 Å². The lowest BCUT2D eigenvalue weighted by atomic mass is 10.0. The molecule has 164 valence electrons. The first kappa shape index (κ1) is 20.6. The molecule has 5 rings (SSSR count). The number of nitrogens with zero attached hydrogens (tertiary/aromatic N) is 2. The number of rotatable bonds is 5. The topological polar surface area (TPSA) is 60.8 Å². The first-order valence-corrected chi connectivity index (χ1v) is 11.8. The van der Waals surface area contributed by atoms with Gasteiger partial charge in [-0.1, -0.05) is 30.3 Å². The van der Waals surface area contributed by atoms with Crippen LogP contribution in [0.25, 0.3) is 10.8 Å². The Hall–Kier alpha value is -3.29. The Morgan fingerprint density at radius 2 is 1.66 bits per heavy atom. The summed E-state index contributed by atoms with van der Waals surface area (Å²) in [7, 11) is -0.604. The lowest BCUT2D eigenvalue weighted by Gasteiger charge is -2.37. The molecule has 3 aromatic carbocycles. The highest BCUT2D eigenvalue weighted by molar-refractivity contribution is 7.89. The number of aromatic nitrogens is 1. The molecule has 2 heterocycles. The van der Waals surface area contributed by atoms with E-state index in [2.05, 4.69) is 4.57 Å². The number of fused-ring (bicyclic) bond motifs is 2. The monoisotopic (exact) mass is 448 g/mol. The summed E-state index contributed by atoms with van der Waals surface area (Å²) in [5, 5.41) is 1.90. The lowest BCUT2D eigenvalue weighted by Crippen LogP contribution is -2.42. The second kappa shape index (κ2) is 8.00. The third kappa shape index (κ3) is 3.34. The van der Waals surface area contributed by atoms with Gasteiger partial charge in [0.1, 0.15) is 11.5 Å². The molecule has 4 aromatic rings. The van der Waals surface area contributed by atoms with Crippen LogP contribution in [0.4, 0.5) is 0 Å². The Bertz CT molecular complexity index is 1390. The Labute approximate surface area is 187 Å². The van der Waals surface area contributed by atoms with Crippen molar-refractivity contribution in [2.45, 2.75) is 17.5 Å². The van der Waals surface area contributed by atoms with E-state index < -0.39 is 16.1 Å². The molecular weight excluding hydrogens is 424 g/mol. The second-order valence-corrected chi connectivity index (χ2v) is 9.65. The van der Waals surface area contributed by atoms with E-state index in [4.69, 9.17) is 9.47 Å². The molecule has 0 saturated heterocycles. The predicted molar refractivity (Wildman–Crippen MR) is 124 cm³/mol. The van der Waals surface area contributed by atoms with Crippen LogP contribution in [0, 0.1) is 0 Å². The van der Waals surface area contributed by atoms with Crippen LogP contribution >= 0.6 is 0 Å². The predicted octanol–water partition coefficient (Wildman–Crippen LogP) is 4.45. The first-order chi connectivity index (χ1) is 15.5. The van der Waals surface area contributed by atoms with Gasteiger partial charge in [0, 0.05) is 30.5 Å². The van der Waals surface area contributed by atoms with Crippen molar-refractivity contribution in [1.29, 1.82) is 0 Å². The molecule has 0 saturated carbocycles. The zero-order valence-electron chi connectivity index (χ0n) is 17.9. The normalized spacial score (nSPS) is 16.6. The molecule has 0 fully saturated rings. The number of hydrogen-bond donors (Lipinski definition) is 0. The molecule has 0 aliphatic carbocycles. The van der Waals surface area contributed by atoms with Gasteiger partial charge in [-0.05, 0) is 53.2 Å². The zero-order chi connectivity index (χ0) is 22.3. The molecule has 0 spiro atoms. The summed E-state index contributed by atoms with van der Waals surface area (Å²) >= 11 is 0. The Balaban J connectivity index is 1.68. The highest BCUT2D eigenvalue weighted by Crippen LogP contribution is 2.41. The van der Waals surface area contributed by atoms with Crippen molar-refractivity contribution in [3.05, 3.63) is 90.3 Å². The summed E-state index contributed by atoms with van der Waals surface area (Å²) in [6.07, 6.45) is 1.98. The molecule has 1 unspecified atom stereocenters. The summed E-state index contributed by atoms with van der Waals surface area (Å²) in [5.74, 6) is 1.26. The van der Waals surface area contributed by atoms with Crippen molar-refractivity contribution in [1.82, 2.24) is 8.87 Å². The van der Waals surface area contributed by atoms with Gasteiger partial charge < -0.3 is 14.0 Å². The first-order valence-electron chi connectivity index (χ1n) is 10.4. The van der Waals surface area contributed by atoms with Gasteiger partial charge in [0.2, 0.25) is 10.0 Å². The van der Waals surface area contributed by atoms with Gasteiger partial charge in [-0.15, -0.1) is 0 Å². The van der Waals surface area contributed by atoms with Crippen molar-refractivity contribution >= 4 is 20.8 Å². The Morgan fingerprint density at radius 1 is 0.844 bits per heavy atom. The fraction of sp³-hybridized carbons (Fsp3) is 0.200. The maximum Gasteiger partial charge on any atom is 0.244 e. The number of hydrogen-bond acceptors (Lipinski definition) is 4. The second-order valence-electron chi connectivity index (χ2n) is 7.76. The molecule has 1 atom stereocenters. The van der Waals surface area contributed by atoms with Gasteiger partial charge in [-0.25, -0.2) is 8.42 Å². The number of methoxy groups -OCH3 is 2. The molecular formula is C25H24N2O4S. The van der Waals surface area contributed by atoms with Gasteiger partial charge >= 0.3 is 0 Å². The third-order valence-electron chi connectivity index (χ3n) is 6.05. The van der Waals surface area contributed by atoms with Crippen LogP contribution in [0.5, 0.6) is 11.5 Å². The highest BCUT2D eigenvalue weighted by Gasteiger charge is 2.39. The van der Waals surface area contributed by atoms with Crippen LogP contribution in [-0.2, 0) is 16.6 Å². The SMILES string of the molecule is COc1ccc(OC)c(C2c3cccn3CCN2S(=O)(=O)c2ccc3ccccc3c2)c1. The number of benzene rings is 3. The summed E-state index contributed by atoms with van der Waals surface area (Å²) in [4.78, 5) is 0.281. The van der Waals surface area contributed by atoms with Crippen molar-refractivity contribution in [2.75, 3.05) is 20.8 Å². The fourth-order valence-electron chi connectivity index (χ4n) is 4.45. The molecule has 1 aliphatic rings. The van der Waals surface area contributed by atoms with Crippen molar-refractivity contribution in [3.63, 3.8) is 0 Å². The molecule has 1 aliphatic heterocycles. The summed E-state index contributed by atoms with van der Waals surface area (Å²) in [6.45, 7) is 0.930. The van der Waals surface area contributed by atoms with Crippen molar-refractivity contribution in [3.8, 4) is 11.5 Å². The van der Waals surface area contributed by atoms with E-state index in [9.17, 15) is 8.42 Å². The van der Waals surface area contributed by atoms with Crippen LogP contribution in [0.3, 0.4) is 0 Å². The zero-order valence-corrected chi connectivity index (χ0v) is 18.7. The molecule has 1 aromatic heterocycles. The number of sulfonamides is 1. The molecule has 0 amide bonds. The lowest BCUT2D eigenvalue weighted by molar-refractivity contribution is 0.289. The van der Waals surface area contributed by atoms with Crippen molar-refractivity contribution in [2.24, 2.45) is 0 Å². The molecule has 32 heavy (non-hydrogen) atoms. The summed E-state index contributed by atoms with van der Waals surface area (Å²) in [5.41, 5.74) is 1.64. The van der Waals surface area contributed by atoms with E-state index in [0.29, 0.717) is 24.6 Å². The highest BCUT2D eigenvalue weighted by atomic mass is 32.2. The minimum Gasteiger partial charge on any atom is -0.497 e. The average Bonchev–Trinajstić information content (AvgIpc) is 3.31. The minimum absolute atomic E-state index is 0.281. The quantitative estimate of drug-likeness (QED) is 0.453. The molecule has 7 heteroatoms. The minimum atomic E-state index is -3.79. The van der Waals surface area contributed by atoms with E-state index in [1.165, 1.54) is 0 Å². The van der Waals surface area contributed by atoms with Gasteiger partial charge in [0.25, 0.3) is 0 Å². The maximum absolute atomic E-state index is 13.9. The molecule has 0 radical (unpaired) electrons. The maximum atomic E-state index is 13.9. The Kier molecular flexibility index (Phi) is 5.15. The molecule has 6 nitrogen and oxygen atoms in total.